The first-order chi connectivity index (χ1) is 21.3. The van der Waals surface area contributed by atoms with Crippen LogP contribution in [0, 0.1) is 47.5 Å². The lowest BCUT2D eigenvalue weighted by atomic mass is 9.63. The third kappa shape index (κ3) is 7.03. The van der Waals surface area contributed by atoms with Gasteiger partial charge in [-0.25, -0.2) is 23.9 Å². The van der Waals surface area contributed by atoms with Crippen molar-refractivity contribution in [2.24, 2.45) is 40.9 Å². The zero-order valence-electron chi connectivity index (χ0n) is 28.5. The summed E-state index contributed by atoms with van der Waals surface area (Å²) in [5, 5.41) is 3.35. The lowest BCUT2D eigenvalue weighted by molar-refractivity contribution is -0.0691. The lowest BCUT2D eigenvalue weighted by Gasteiger charge is -2.46. The van der Waals surface area contributed by atoms with E-state index in [9.17, 15) is 9.59 Å². The van der Waals surface area contributed by atoms with Crippen molar-refractivity contribution < 1.29 is 23.8 Å². The number of fused-ring (bicyclic) bond motifs is 1. The fraction of sp³-hybridized carbons (Fsp3) is 0.771. The van der Waals surface area contributed by atoms with Crippen LogP contribution in [0.4, 0.5) is 10.5 Å². The molecule has 3 fully saturated rings. The van der Waals surface area contributed by atoms with Gasteiger partial charge in [-0.2, -0.15) is 0 Å². The summed E-state index contributed by atoms with van der Waals surface area (Å²) in [5.41, 5.74) is 0.242. The standard InChI is InChI=1S/C35H53N5O5/c1-20(2)16-24-18-22(4)19-26(35(6,7)8)29(24)44-33(41)27-28(36-9)32(45-34(42)39-12-14-43-15-13-39)40-31(27)37-30(38-40)25-11-10-21(3)17-23(25)5/h20-26,29H,10-19H2,1-8H3,(H,37,38). The number of carbonyl (C=O) groups is 2. The van der Waals surface area contributed by atoms with Gasteiger partial charge in [0.1, 0.15) is 17.5 Å². The first kappa shape index (κ1) is 33.3. The highest BCUT2D eigenvalue weighted by atomic mass is 16.6. The number of rotatable bonds is 6. The van der Waals surface area contributed by atoms with E-state index in [0.717, 1.165) is 44.3 Å². The number of aromatic amines is 1. The van der Waals surface area contributed by atoms with Crippen LogP contribution in [0.15, 0.2) is 0 Å². The van der Waals surface area contributed by atoms with Gasteiger partial charge < -0.3 is 19.1 Å². The van der Waals surface area contributed by atoms with E-state index in [1.54, 1.807) is 4.90 Å². The molecule has 0 spiro atoms. The van der Waals surface area contributed by atoms with Crippen LogP contribution in [-0.2, 0) is 9.47 Å². The van der Waals surface area contributed by atoms with Gasteiger partial charge in [-0.05, 0) is 73.5 Å². The zero-order valence-corrected chi connectivity index (χ0v) is 28.5. The van der Waals surface area contributed by atoms with Crippen LogP contribution >= 0.6 is 0 Å². The molecule has 7 unspecified atom stereocenters. The third-order valence-electron chi connectivity index (χ3n) is 10.4. The summed E-state index contributed by atoms with van der Waals surface area (Å²) < 4.78 is 19.4. The number of nitrogens with one attached hydrogen (secondary N) is 1. The Hall–Kier alpha value is -3.06. The van der Waals surface area contributed by atoms with Crippen molar-refractivity contribution in [2.45, 2.75) is 106 Å². The molecule has 0 radical (unpaired) electrons. The minimum atomic E-state index is -0.579. The number of ether oxygens (including phenoxy) is 3. The van der Waals surface area contributed by atoms with Gasteiger partial charge in [0.05, 0.1) is 19.8 Å². The Morgan fingerprint density at radius 3 is 2.42 bits per heavy atom. The van der Waals surface area contributed by atoms with Crippen molar-refractivity contribution in [3.8, 4) is 5.88 Å². The van der Waals surface area contributed by atoms with Crippen LogP contribution in [0.2, 0.25) is 0 Å². The molecule has 5 rings (SSSR count). The van der Waals surface area contributed by atoms with Crippen molar-refractivity contribution in [1.82, 2.24) is 19.5 Å². The molecule has 0 bridgehead atoms. The molecule has 2 saturated carbocycles. The number of hydrogen-bond donors (Lipinski definition) is 1. The maximum atomic E-state index is 14.4. The predicted molar refractivity (Wildman–Crippen MR) is 173 cm³/mol. The topological polar surface area (TPSA) is 103 Å². The van der Waals surface area contributed by atoms with Crippen LogP contribution in [0.25, 0.3) is 10.5 Å². The zero-order chi connectivity index (χ0) is 32.6. The van der Waals surface area contributed by atoms with E-state index >= 15 is 0 Å². The minimum absolute atomic E-state index is 0.0117. The first-order valence-electron chi connectivity index (χ1n) is 17.1. The van der Waals surface area contributed by atoms with Gasteiger partial charge in [0.25, 0.3) is 5.69 Å². The smallest absolute Gasteiger partial charge is 0.415 e. The van der Waals surface area contributed by atoms with E-state index in [-0.39, 0.29) is 52.1 Å². The molecule has 248 valence electrons. The molecule has 1 amide bonds. The Labute approximate surface area is 268 Å². The second-order valence-corrected chi connectivity index (χ2v) is 15.7. The van der Waals surface area contributed by atoms with E-state index in [1.807, 2.05) is 0 Å². The van der Waals surface area contributed by atoms with E-state index < -0.39 is 12.1 Å². The fourth-order valence-corrected chi connectivity index (χ4v) is 8.19. The largest absolute Gasteiger partial charge is 0.459 e. The van der Waals surface area contributed by atoms with Gasteiger partial charge >= 0.3 is 12.1 Å². The molecule has 10 heteroatoms. The van der Waals surface area contributed by atoms with E-state index in [2.05, 4.69) is 65.3 Å². The summed E-state index contributed by atoms with van der Waals surface area (Å²) in [6, 6.07) is 0. The quantitative estimate of drug-likeness (QED) is 0.260. The van der Waals surface area contributed by atoms with Crippen molar-refractivity contribution in [1.29, 1.82) is 0 Å². The highest BCUT2D eigenvalue weighted by Crippen LogP contribution is 2.48. The van der Waals surface area contributed by atoms with Crippen LogP contribution in [0.3, 0.4) is 0 Å². The molecule has 3 aliphatic rings. The highest BCUT2D eigenvalue weighted by molar-refractivity contribution is 6.05. The molecule has 10 nitrogen and oxygen atoms in total. The average Bonchev–Trinajstić information content (AvgIpc) is 3.51. The van der Waals surface area contributed by atoms with E-state index in [0.29, 0.717) is 50.0 Å². The number of esters is 1. The number of morpholine rings is 1. The molecule has 45 heavy (non-hydrogen) atoms. The Kier molecular flexibility index (Phi) is 9.88. The Morgan fingerprint density at radius 2 is 1.80 bits per heavy atom. The van der Waals surface area contributed by atoms with Gasteiger partial charge in [-0.3, -0.25) is 5.10 Å². The fourth-order valence-electron chi connectivity index (χ4n) is 8.19. The number of aromatic nitrogens is 3. The first-order valence-corrected chi connectivity index (χ1v) is 17.1. The molecule has 1 N–H and O–H groups in total. The summed E-state index contributed by atoms with van der Waals surface area (Å²) in [5.74, 6) is 2.76. The van der Waals surface area contributed by atoms with E-state index in [4.69, 9.17) is 25.8 Å². The Balaban J connectivity index is 1.56. The normalized spacial score (nSPS) is 29.5. The van der Waals surface area contributed by atoms with Gasteiger partial charge in [-0.1, -0.05) is 55.4 Å². The summed E-state index contributed by atoms with van der Waals surface area (Å²) in [6.45, 7) is 27.7. The highest BCUT2D eigenvalue weighted by Gasteiger charge is 2.45. The molecule has 2 aliphatic carbocycles. The van der Waals surface area contributed by atoms with Gasteiger partial charge in [0.2, 0.25) is 5.88 Å². The monoisotopic (exact) mass is 623 g/mol. The summed E-state index contributed by atoms with van der Waals surface area (Å²) in [6.07, 6.45) is 5.22. The molecular formula is C35H53N5O5. The number of hydrogen-bond acceptors (Lipinski definition) is 6. The molecular weight excluding hydrogens is 570 g/mol. The third-order valence-corrected chi connectivity index (χ3v) is 10.4. The van der Waals surface area contributed by atoms with Crippen LogP contribution in [0.5, 0.6) is 5.88 Å². The van der Waals surface area contributed by atoms with Crippen LogP contribution in [-0.4, -0.2) is 64.0 Å². The molecule has 2 aromatic heterocycles. The molecule has 1 aliphatic heterocycles. The van der Waals surface area contributed by atoms with Crippen molar-refractivity contribution in [3.05, 3.63) is 22.8 Å². The Morgan fingerprint density at radius 1 is 1.09 bits per heavy atom. The number of nitrogens with zero attached hydrogens (tertiary/aromatic N) is 4. The maximum absolute atomic E-state index is 14.4. The molecule has 7 atom stereocenters. The van der Waals surface area contributed by atoms with Crippen LogP contribution < -0.4 is 4.74 Å². The molecule has 2 aromatic rings. The van der Waals surface area contributed by atoms with Crippen LogP contribution in [0.1, 0.15) is 116 Å². The second kappa shape index (κ2) is 13.4. The van der Waals surface area contributed by atoms with E-state index in [1.165, 1.54) is 4.52 Å². The maximum Gasteiger partial charge on any atom is 0.415 e. The number of H-pyrrole nitrogens is 1. The molecule has 3 heterocycles. The number of carbonyl (C=O) groups excluding carboxylic acids is 2. The average molecular weight is 624 g/mol. The lowest BCUT2D eigenvalue weighted by Crippen LogP contribution is -2.45. The van der Waals surface area contributed by atoms with Gasteiger partial charge in [0, 0.05) is 24.9 Å². The van der Waals surface area contributed by atoms with Gasteiger partial charge in [0.15, 0.2) is 5.65 Å². The molecule has 0 aromatic carbocycles. The number of amides is 1. The predicted octanol–water partition coefficient (Wildman–Crippen LogP) is 7.86. The summed E-state index contributed by atoms with van der Waals surface area (Å²) in [4.78, 5) is 37.9. The van der Waals surface area contributed by atoms with Crippen molar-refractivity contribution >= 4 is 23.4 Å². The summed E-state index contributed by atoms with van der Waals surface area (Å²) >= 11 is 0. The van der Waals surface area contributed by atoms with Crippen molar-refractivity contribution in [2.75, 3.05) is 26.3 Å². The SMILES string of the molecule is [C-]#[N+]c1c(C(=O)OC2C(CC(C)C)CC(C)CC2C(C)(C)C)c2nc(C3CCC(C)CC3C)[nH]n2c1OC(=O)N1CCOCC1. The molecule has 1 saturated heterocycles. The van der Waals surface area contributed by atoms with Crippen molar-refractivity contribution in [3.63, 3.8) is 0 Å². The second-order valence-electron chi connectivity index (χ2n) is 15.7. The Bertz CT molecular complexity index is 1410. The van der Waals surface area contributed by atoms with Gasteiger partial charge in [-0.15, -0.1) is 0 Å². The minimum Gasteiger partial charge on any atom is -0.459 e. The summed E-state index contributed by atoms with van der Waals surface area (Å²) in [7, 11) is 0.